The lowest BCUT2D eigenvalue weighted by molar-refractivity contribution is -0.136. The minimum absolute atomic E-state index is 0.0982. The molecule has 0 bridgehead atoms. The van der Waals surface area contributed by atoms with Gasteiger partial charge in [-0.15, -0.1) is 11.3 Å². The number of hydrogen-bond donors (Lipinski definition) is 2. The van der Waals surface area contributed by atoms with E-state index in [1.807, 2.05) is 12.1 Å². The minimum Gasteiger partial charge on any atom is -0.481 e. The van der Waals surface area contributed by atoms with E-state index in [0.29, 0.717) is 6.54 Å². The number of thiophene rings is 1. The molecular formula is C15H16BrNO2S. The summed E-state index contributed by atoms with van der Waals surface area (Å²) < 4.78 is 1.08. The van der Waals surface area contributed by atoms with Crippen molar-refractivity contribution in [1.29, 1.82) is 0 Å². The molecule has 2 aromatic rings. The fourth-order valence-corrected chi connectivity index (χ4v) is 3.76. The number of rotatable bonds is 5. The summed E-state index contributed by atoms with van der Waals surface area (Å²) in [6, 6.07) is 8.04. The number of benzene rings is 1. The van der Waals surface area contributed by atoms with Crippen molar-refractivity contribution in [3.8, 4) is 0 Å². The first kappa shape index (κ1) is 15.1. The molecular weight excluding hydrogens is 338 g/mol. The van der Waals surface area contributed by atoms with Gasteiger partial charge in [0.1, 0.15) is 0 Å². The van der Waals surface area contributed by atoms with Gasteiger partial charge in [-0.25, -0.2) is 0 Å². The van der Waals surface area contributed by atoms with Crippen LogP contribution in [0.3, 0.4) is 0 Å². The summed E-state index contributed by atoms with van der Waals surface area (Å²) in [4.78, 5) is 12.7. The maximum atomic E-state index is 10.7. The zero-order valence-electron chi connectivity index (χ0n) is 11.4. The van der Waals surface area contributed by atoms with Crippen LogP contribution in [0.4, 0.5) is 5.69 Å². The van der Waals surface area contributed by atoms with Crippen LogP contribution in [0, 0.1) is 13.8 Å². The number of carboxylic acids is 1. The molecule has 5 heteroatoms. The molecule has 0 unspecified atom stereocenters. The highest BCUT2D eigenvalue weighted by Gasteiger charge is 2.07. The first-order valence-electron chi connectivity index (χ1n) is 6.25. The second kappa shape index (κ2) is 6.41. The highest BCUT2D eigenvalue weighted by Crippen LogP contribution is 2.26. The average molecular weight is 354 g/mol. The second-order valence-corrected chi connectivity index (χ2v) is 6.88. The van der Waals surface area contributed by atoms with Crippen LogP contribution in [-0.4, -0.2) is 11.1 Å². The molecule has 106 valence electrons. The van der Waals surface area contributed by atoms with Crippen molar-refractivity contribution in [3.05, 3.63) is 49.6 Å². The lowest BCUT2D eigenvalue weighted by Gasteiger charge is -2.12. The predicted octanol–water partition coefficient (Wildman–Crippen LogP) is 4.37. The molecule has 0 amide bonds. The van der Waals surface area contributed by atoms with E-state index < -0.39 is 5.97 Å². The Kier molecular flexibility index (Phi) is 4.83. The van der Waals surface area contributed by atoms with E-state index in [1.54, 1.807) is 11.3 Å². The van der Waals surface area contributed by atoms with Gasteiger partial charge >= 0.3 is 5.97 Å². The van der Waals surface area contributed by atoms with E-state index in [1.165, 1.54) is 11.1 Å². The van der Waals surface area contributed by atoms with Gasteiger partial charge in [-0.1, -0.05) is 15.9 Å². The topological polar surface area (TPSA) is 49.3 Å². The van der Waals surface area contributed by atoms with Crippen LogP contribution >= 0.6 is 27.3 Å². The zero-order chi connectivity index (χ0) is 14.7. The second-order valence-electron chi connectivity index (χ2n) is 4.71. The largest absolute Gasteiger partial charge is 0.481 e. The SMILES string of the molecule is Cc1cc(Br)cc(C)c1NCc1ccc(CC(=O)O)s1. The van der Waals surface area contributed by atoms with Gasteiger partial charge in [-0.2, -0.15) is 0 Å². The maximum Gasteiger partial charge on any atom is 0.308 e. The lowest BCUT2D eigenvalue weighted by Crippen LogP contribution is -2.01. The zero-order valence-corrected chi connectivity index (χ0v) is 13.8. The summed E-state index contributed by atoms with van der Waals surface area (Å²) in [5.74, 6) is -0.786. The number of halogens is 1. The van der Waals surface area contributed by atoms with Crippen molar-refractivity contribution in [2.24, 2.45) is 0 Å². The Labute approximate surface area is 130 Å². The summed E-state index contributed by atoms with van der Waals surface area (Å²) in [7, 11) is 0. The Morgan fingerprint density at radius 1 is 1.25 bits per heavy atom. The molecule has 1 heterocycles. The number of aryl methyl sites for hydroxylation is 2. The number of carboxylic acid groups (broad SMARTS) is 1. The smallest absolute Gasteiger partial charge is 0.308 e. The first-order chi connectivity index (χ1) is 9.45. The highest BCUT2D eigenvalue weighted by atomic mass is 79.9. The summed E-state index contributed by atoms with van der Waals surface area (Å²) in [6.45, 7) is 4.86. The van der Waals surface area contributed by atoms with Crippen LogP contribution < -0.4 is 5.32 Å². The van der Waals surface area contributed by atoms with Crippen LogP contribution in [0.2, 0.25) is 0 Å². The molecule has 1 aromatic heterocycles. The molecule has 0 fully saturated rings. The summed E-state index contributed by atoms with van der Waals surface area (Å²) in [5, 5.41) is 12.2. The number of anilines is 1. The minimum atomic E-state index is -0.786. The van der Waals surface area contributed by atoms with Gasteiger partial charge in [-0.3, -0.25) is 4.79 Å². The third-order valence-electron chi connectivity index (χ3n) is 2.98. The Morgan fingerprint density at radius 3 is 2.45 bits per heavy atom. The maximum absolute atomic E-state index is 10.7. The molecule has 0 aliphatic heterocycles. The van der Waals surface area contributed by atoms with Crippen molar-refractivity contribution in [1.82, 2.24) is 0 Å². The van der Waals surface area contributed by atoms with E-state index in [4.69, 9.17) is 5.11 Å². The first-order valence-corrected chi connectivity index (χ1v) is 7.86. The van der Waals surface area contributed by atoms with Crippen LogP contribution in [0.1, 0.15) is 20.9 Å². The fraction of sp³-hybridized carbons (Fsp3) is 0.267. The van der Waals surface area contributed by atoms with Gasteiger partial charge in [0, 0.05) is 26.5 Å². The van der Waals surface area contributed by atoms with Gasteiger partial charge in [0.15, 0.2) is 0 Å². The molecule has 0 saturated heterocycles. The molecule has 0 aliphatic rings. The van der Waals surface area contributed by atoms with Crippen LogP contribution in [0.25, 0.3) is 0 Å². The van der Waals surface area contributed by atoms with Crippen molar-refractivity contribution >= 4 is 38.9 Å². The molecule has 2 rings (SSSR count). The Morgan fingerprint density at radius 2 is 1.85 bits per heavy atom. The number of nitrogens with one attached hydrogen (secondary N) is 1. The Hall–Kier alpha value is -1.33. The van der Waals surface area contributed by atoms with E-state index in [-0.39, 0.29) is 6.42 Å². The number of hydrogen-bond acceptors (Lipinski definition) is 3. The van der Waals surface area contributed by atoms with Gasteiger partial charge < -0.3 is 10.4 Å². The molecule has 0 spiro atoms. The van der Waals surface area contributed by atoms with Gasteiger partial charge in [0.25, 0.3) is 0 Å². The van der Waals surface area contributed by atoms with Crippen molar-refractivity contribution in [2.75, 3.05) is 5.32 Å². The summed E-state index contributed by atoms with van der Waals surface area (Å²) in [6.07, 6.45) is 0.0982. The standard InChI is InChI=1S/C15H16BrNO2S/c1-9-5-11(16)6-10(2)15(9)17-8-13-4-3-12(20-13)7-14(18)19/h3-6,17H,7-8H2,1-2H3,(H,18,19). The predicted molar refractivity (Wildman–Crippen MR) is 86.6 cm³/mol. The Balaban J connectivity index is 2.05. The van der Waals surface area contributed by atoms with E-state index in [9.17, 15) is 4.79 Å². The van der Waals surface area contributed by atoms with E-state index >= 15 is 0 Å². The molecule has 0 radical (unpaired) electrons. The summed E-state index contributed by atoms with van der Waals surface area (Å²) in [5.41, 5.74) is 3.53. The van der Waals surface area contributed by atoms with Gasteiger partial charge in [0.2, 0.25) is 0 Å². The lowest BCUT2D eigenvalue weighted by atomic mass is 10.1. The molecule has 0 saturated carbocycles. The molecule has 3 nitrogen and oxygen atoms in total. The van der Waals surface area contributed by atoms with Crippen molar-refractivity contribution < 1.29 is 9.90 Å². The van der Waals surface area contributed by atoms with Crippen LogP contribution in [-0.2, 0) is 17.8 Å². The molecule has 0 aliphatic carbocycles. The molecule has 1 aromatic carbocycles. The van der Waals surface area contributed by atoms with E-state index in [0.717, 1.165) is 19.9 Å². The van der Waals surface area contributed by atoms with Crippen LogP contribution in [0.15, 0.2) is 28.7 Å². The average Bonchev–Trinajstić information content (AvgIpc) is 2.74. The fourth-order valence-electron chi connectivity index (χ4n) is 2.13. The molecule has 0 atom stereocenters. The molecule has 2 N–H and O–H groups in total. The van der Waals surface area contributed by atoms with Gasteiger partial charge in [0.05, 0.1) is 6.42 Å². The summed E-state index contributed by atoms with van der Waals surface area (Å²) >= 11 is 5.03. The van der Waals surface area contributed by atoms with E-state index in [2.05, 4.69) is 47.2 Å². The monoisotopic (exact) mass is 353 g/mol. The third-order valence-corrected chi connectivity index (χ3v) is 4.52. The highest BCUT2D eigenvalue weighted by molar-refractivity contribution is 9.10. The van der Waals surface area contributed by atoms with Crippen molar-refractivity contribution in [3.63, 3.8) is 0 Å². The quantitative estimate of drug-likeness (QED) is 0.839. The molecule has 20 heavy (non-hydrogen) atoms. The van der Waals surface area contributed by atoms with Crippen LogP contribution in [0.5, 0.6) is 0 Å². The number of carbonyl (C=O) groups is 1. The van der Waals surface area contributed by atoms with Gasteiger partial charge in [-0.05, 0) is 49.2 Å². The van der Waals surface area contributed by atoms with Crippen molar-refractivity contribution in [2.45, 2.75) is 26.8 Å². The number of aliphatic carboxylic acids is 1. The normalized spacial score (nSPS) is 10.6. The third kappa shape index (κ3) is 3.84. The Bertz CT molecular complexity index is 614.